The molecule has 3 rings (SSSR count). The van der Waals surface area contributed by atoms with Crippen LogP contribution in [0.1, 0.15) is 33.6 Å². The van der Waals surface area contributed by atoms with E-state index >= 15 is 0 Å². The fourth-order valence-corrected chi connectivity index (χ4v) is 3.54. The van der Waals surface area contributed by atoms with Crippen molar-refractivity contribution in [2.45, 2.75) is 45.3 Å². The van der Waals surface area contributed by atoms with E-state index < -0.39 is 5.60 Å². The van der Waals surface area contributed by atoms with Gasteiger partial charge in [0.1, 0.15) is 17.2 Å². The molecule has 162 valence electrons. The molecule has 0 aromatic carbocycles. The van der Waals surface area contributed by atoms with Crippen molar-refractivity contribution in [3.8, 4) is 11.1 Å². The van der Waals surface area contributed by atoms with Crippen LogP contribution in [0, 0.1) is 0 Å². The van der Waals surface area contributed by atoms with Crippen LogP contribution in [-0.4, -0.2) is 54.9 Å². The van der Waals surface area contributed by atoms with E-state index in [-0.39, 0.29) is 12.1 Å². The summed E-state index contributed by atoms with van der Waals surface area (Å²) in [5.41, 5.74) is 8.44. The molecule has 2 aromatic heterocycles. The third-order valence-electron chi connectivity index (χ3n) is 4.90. The number of ether oxygens (including phenoxy) is 1. The molecule has 3 N–H and O–H groups in total. The Kier molecular flexibility index (Phi) is 6.34. The molecule has 1 amide bonds. The van der Waals surface area contributed by atoms with Crippen molar-refractivity contribution in [3.05, 3.63) is 30.6 Å². The maximum atomic E-state index is 12.2. The van der Waals surface area contributed by atoms with E-state index in [0.717, 1.165) is 42.0 Å². The Morgan fingerprint density at radius 1 is 1.27 bits per heavy atom. The summed E-state index contributed by atoms with van der Waals surface area (Å²) >= 11 is 0. The maximum absolute atomic E-state index is 12.2. The summed E-state index contributed by atoms with van der Waals surface area (Å²) in [5.74, 6) is 1.36. The van der Waals surface area contributed by atoms with E-state index in [4.69, 9.17) is 10.5 Å². The predicted molar refractivity (Wildman–Crippen MR) is 121 cm³/mol. The van der Waals surface area contributed by atoms with Gasteiger partial charge in [0, 0.05) is 68.5 Å². The summed E-state index contributed by atoms with van der Waals surface area (Å²) in [6, 6.07) is 5.92. The molecule has 30 heavy (non-hydrogen) atoms. The zero-order valence-corrected chi connectivity index (χ0v) is 18.5. The quantitative estimate of drug-likeness (QED) is 0.795. The lowest BCUT2D eigenvalue weighted by Gasteiger charge is -2.36. The van der Waals surface area contributed by atoms with Crippen LogP contribution < -0.4 is 20.9 Å². The third-order valence-corrected chi connectivity index (χ3v) is 4.90. The van der Waals surface area contributed by atoms with Crippen molar-refractivity contribution in [1.82, 2.24) is 15.3 Å². The van der Waals surface area contributed by atoms with E-state index in [9.17, 15) is 4.79 Å². The summed E-state index contributed by atoms with van der Waals surface area (Å²) in [6.45, 7) is 7.15. The number of amides is 1. The number of aromatic nitrogens is 2. The van der Waals surface area contributed by atoms with Gasteiger partial charge in [-0.1, -0.05) is 0 Å². The Hall–Kier alpha value is -3.03. The summed E-state index contributed by atoms with van der Waals surface area (Å²) in [6.07, 6.45) is 5.13. The molecule has 3 heterocycles. The van der Waals surface area contributed by atoms with Gasteiger partial charge in [-0.05, 0) is 45.7 Å². The van der Waals surface area contributed by atoms with Crippen molar-refractivity contribution in [2.75, 3.05) is 42.7 Å². The van der Waals surface area contributed by atoms with Gasteiger partial charge in [-0.3, -0.25) is 0 Å². The van der Waals surface area contributed by atoms with Crippen LogP contribution in [0.4, 0.5) is 22.1 Å². The van der Waals surface area contributed by atoms with Crippen molar-refractivity contribution in [2.24, 2.45) is 0 Å². The van der Waals surface area contributed by atoms with Gasteiger partial charge < -0.3 is 25.6 Å². The number of carbonyl (C=O) groups is 1. The summed E-state index contributed by atoms with van der Waals surface area (Å²) < 4.78 is 5.41. The lowest BCUT2D eigenvalue weighted by Crippen LogP contribution is -2.49. The molecule has 1 aliphatic heterocycles. The van der Waals surface area contributed by atoms with Crippen LogP contribution >= 0.6 is 0 Å². The van der Waals surface area contributed by atoms with Crippen molar-refractivity contribution in [1.29, 1.82) is 0 Å². The normalized spacial score (nSPS) is 16.8. The van der Waals surface area contributed by atoms with Crippen molar-refractivity contribution in [3.63, 3.8) is 0 Å². The molecule has 1 aliphatic rings. The minimum atomic E-state index is -0.517. The molecule has 0 aliphatic carbocycles. The molecule has 0 saturated carbocycles. The molecule has 1 saturated heterocycles. The van der Waals surface area contributed by atoms with Crippen molar-refractivity contribution < 1.29 is 9.53 Å². The van der Waals surface area contributed by atoms with Crippen LogP contribution in [0.2, 0.25) is 0 Å². The number of nitrogen functional groups attached to an aromatic ring is 1. The number of anilines is 3. The number of carbonyl (C=O) groups excluding carboxylic acids is 1. The molecule has 0 radical (unpaired) electrons. The number of nitrogens with one attached hydrogen (secondary N) is 1. The molecular weight excluding hydrogens is 380 g/mol. The molecule has 8 nitrogen and oxygen atoms in total. The highest BCUT2D eigenvalue weighted by Crippen LogP contribution is 2.33. The van der Waals surface area contributed by atoms with Gasteiger partial charge in [0.15, 0.2) is 0 Å². The van der Waals surface area contributed by atoms with Crippen LogP contribution in [-0.2, 0) is 4.74 Å². The van der Waals surface area contributed by atoms with Gasteiger partial charge in [0.05, 0.1) is 0 Å². The van der Waals surface area contributed by atoms with Gasteiger partial charge in [-0.2, -0.15) is 0 Å². The topological polar surface area (TPSA) is 96.6 Å². The number of pyridine rings is 2. The van der Waals surface area contributed by atoms with E-state index in [1.807, 2.05) is 64.2 Å². The van der Waals surface area contributed by atoms with Crippen LogP contribution in [0.3, 0.4) is 0 Å². The third kappa shape index (κ3) is 5.52. The van der Waals surface area contributed by atoms with Crippen LogP contribution in [0.15, 0.2) is 30.6 Å². The average molecular weight is 413 g/mol. The Morgan fingerprint density at radius 3 is 2.67 bits per heavy atom. The SMILES string of the molecule is CN(C)c1ccc(-c2cnc(N)cc2N2CCC[C@H](NC(=O)OC(C)(C)C)C2)cn1. The second-order valence-electron chi connectivity index (χ2n) is 8.86. The molecule has 1 atom stereocenters. The summed E-state index contributed by atoms with van der Waals surface area (Å²) in [4.78, 5) is 25.2. The second-order valence-corrected chi connectivity index (χ2v) is 8.86. The standard InChI is InChI=1S/C22H32N6O2/c1-22(2,3)30-21(29)26-16-7-6-10-28(14-16)18-11-19(23)24-13-17(18)15-8-9-20(25-12-15)27(4)5/h8-9,11-13,16H,6-7,10,14H2,1-5H3,(H2,23,24)(H,26,29)/t16-/m0/s1. The number of nitrogens with two attached hydrogens (primary N) is 1. The summed E-state index contributed by atoms with van der Waals surface area (Å²) in [5, 5.41) is 3.00. The van der Waals surface area contributed by atoms with E-state index in [0.29, 0.717) is 12.4 Å². The number of alkyl carbamates (subject to hydrolysis) is 1. The largest absolute Gasteiger partial charge is 0.444 e. The zero-order chi connectivity index (χ0) is 21.9. The molecule has 0 spiro atoms. The highest BCUT2D eigenvalue weighted by Gasteiger charge is 2.26. The molecular formula is C22H32N6O2. The highest BCUT2D eigenvalue weighted by atomic mass is 16.6. The number of rotatable bonds is 4. The maximum Gasteiger partial charge on any atom is 0.407 e. The van der Waals surface area contributed by atoms with Crippen LogP contribution in [0.5, 0.6) is 0 Å². The first-order valence-electron chi connectivity index (χ1n) is 10.3. The number of piperidine rings is 1. The summed E-state index contributed by atoms with van der Waals surface area (Å²) in [7, 11) is 3.92. The minimum absolute atomic E-state index is 0.00471. The van der Waals surface area contributed by atoms with E-state index in [2.05, 4.69) is 20.2 Å². The number of hydrogen-bond acceptors (Lipinski definition) is 7. The first-order valence-corrected chi connectivity index (χ1v) is 10.3. The lowest BCUT2D eigenvalue weighted by atomic mass is 10.0. The van der Waals surface area contributed by atoms with Crippen LogP contribution in [0.25, 0.3) is 11.1 Å². The molecule has 0 unspecified atom stereocenters. The van der Waals surface area contributed by atoms with Gasteiger partial charge in [0.2, 0.25) is 0 Å². The van der Waals surface area contributed by atoms with Gasteiger partial charge in [-0.25, -0.2) is 14.8 Å². The fourth-order valence-electron chi connectivity index (χ4n) is 3.54. The van der Waals surface area contributed by atoms with E-state index in [1.54, 1.807) is 6.20 Å². The molecule has 8 heteroatoms. The lowest BCUT2D eigenvalue weighted by molar-refractivity contribution is 0.0500. The number of hydrogen-bond donors (Lipinski definition) is 2. The fraction of sp³-hybridized carbons (Fsp3) is 0.500. The second kappa shape index (κ2) is 8.77. The Labute approximate surface area is 178 Å². The average Bonchev–Trinajstić information content (AvgIpc) is 2.66. The van der Waals surface area contributed by atoms with Gasteiger partial charge in [0.25, 0.3) is 0 Å². The first-order chi connectivity index (χ1) is 14.1. The minimum Gasteiger partial charge on any atom is -0.444 e. The van der Waals surface area contributed by atoms with Gasteiger partial charge in [-0.15, -0.1) is 0 Å². The van der Waals surface area contributed by atoms with Gasteiger partial charge >= 0.3 is 6.09 Å². The first kappa shape index (κ1) is 21.7. The highest BCUT2D eigenvalue weighted by molar-refractivity contribution is 5.80. The molecule has 0 bridgehead atoms. The predicted octanol–water partition coefficient (Wildman–Crippen LogP) is 3.29. The van der Waals surface area contributed by atoms with Crippen molar-refractivity contribution >= 4 is 23.4 Å². The molecule has 1 fully saturated rings. The zero-order valence-electron chi connectivity index (χ0n) is 18.5. The number of nitrogens with zero attached hydrogens (tertiary/aromatic N) is 4. The van der Waals surface area contributed by atoms with E-state index in [1.165, 1.54) is 0 Å². The smallest absolute Gasteiger partial charge is 0.407 e. The molecule has 2 aromatic rings. The Bertz CT molecular complexity index is 876. The Balaban J connectivity index is 1.81. The Morgan fingerprint density at radius 2 is 2.03 bits per heavy atom. The monoisotopic (exact) mass is 412 g/mol.